The summed E-state index contributed by atoms with van der Waals surface area (Å²) in [5, 5.41) is 0.271. The zero-order chi connectivity index (χ0) is 12.3. The van der Waals surface area contributed by atoms with E-state index in [0.29, 0.717) is 5.56 Å². The Hall–Kier alpha value is -0.690. The molecule has 0 aliphatic heterocycles. The van der Waals surface area contributed by atoms with Crippen molar-refractivity contribution in [2.24, 2.45) is 5.84 Å². The molecule has 0 radical (unpaired) electrons. The second-order valence-corrected chi connectivity index (χ2v) is 6.07. The maximum atomic E-state index is 13.0. The van der Waals surface area contributed by atoms with Crippen molar-refractivity contribution in [1.29, 1.82) is 0 Å². The lowest BCUT2D eigenvalue weighted by Gasteiger charge is -2.16. The molecule has 1 aromatic rings. The van der Waals surface area contributed by atoms with E-state index in [1.54, 1.807) is 0 Å². The van der Waals surface area contributed by atoms with Crippen LogP contribution in [-0.2, 0) is 9.84 Å². The molecule has 0 saturated carbocycles. The van der Waals surface area contributed by atoms with Crippen LogP contribution in [0.4, 0.5) is 4.39 Å². The van der Waals surface area contributed by atoms with Crippen molar-refractivity contribution in [3.05, 3.63) is 34.6 Å². The number of hydrogen-bond donors (Lipinski definition) is 2. The zero-order valence-electron chi connectivity index (χ0n) is 8.57. The first kappa shape index (κ1) is 13.4. The summed E-state index contributed by atoms with van der Waals surface area (Å²) >= 11 is 5.84. The molecule has 90 valence electrons. The number of benzene rings is 1. The minimum absolute atomic E-state index is 0.243. The Morgan fingerprint density at radius 2 is 2.19 bits per heavy atom. The molecule has 0 amide bonds. The standard InChI is InChI=1S/C9H12ClFN2O2S/c1-16(14,15)5-9(13-12)7-4-6(11)2-3-8(7)10/h2-4,9,13H,5,12H2,1H3. The van der Waals surface area contributed by atoms with Crippen LogP contribution in [0.1, 0.15) is 11.6 Å². The van der Waals surface area contributed by atoms with Crippen LogP contribution in [0, 0.1) is 5.82 Å². The summed E-state index contributed by atoms with van der Waals surface area (Å²) in [5.74, 6) is 4.50. The van der Waals surface area contributed by atoms with Gasteiger partial charge in [0.2, 0.25) is 0 Å². The Morgan fingerprint density at radius 3 is 2.69 bits per heavy atom. The molecular weight excluding hydrogens is 255 g/mol. The van der Waals surface area contributed by atoms with Crippen LogP contribution in [-0.4, -0.2) is 20.4 Å². The van der Waals surface area contributed by atoms with E-state index in [0.717, 1.165) is 12.3 Å². The molecule has 7 heteroatoms. The molecular formula is C9H12ClFN2O2S. The fraction of sp³-hybridized carbons (Fsp3) is 0.333. The first-order valence-corrected chi connectivity index (χ1v) is 6.86. The van der Waals surface area contributed by atoms with Crippen LogP contribution in [0.15, 0.2) is 18.2 Å². The quantitative estimate of drug-likeness (QED) is 0.631. The number of hydrogen-bond acceptors (Lipinski definition) is 4. The highest BCUT2D eigenvalue weighted by atomic mass is 35.5. The summed E-state index contributed by atoms with van der Waals surface area (Å²) in [5.41, 5.74) is 2.64. The molecule has 0 heterocycles. The van der Waals surface area contributed by atoms with E-state index in [1.807, 2.05) is 0 Å². The highest BCUT2D eigenvalue weighted by Gasteiger charge is 2.19. The van der Waals surface area contributed by atoms with Gasteiger partial charge >= 0.3 is 0 Å². The topological polar surface area (TPSA) is 72.2 Å². The van der Waals surface area contributed by atoms with Crippen molar-refractivity contribution in [3.63, 3.8) is 0 Å². The van der Waals surface area contributed by atoms with E-state index in [9.17, 15) is 12.8 Å². The molecule has 16 heavy (non-hydrogen) atoms. The molecule has 0 aromatic heterocycles. The Morgan fingerprint density at radius 1 is 1.56 bits per heavy atom. The maximum absolute atomic E-state index is 13.0. The third kappa shape index (κ3) is 3.71. The predicted molar refractivity (Wildman–Crippen MR) is 61.2 cm³/mol. The van der Waals surface area contributed by atoms with Gasteiger partial charge in [0.05, 0.1) is 11.8 Å². The zero-order valence-corrected chi connectivity index (χ0v) is 10.1. The third-order valence-corrected chi connectivity index (χ3v) is 3.29. The average Bonchev–Trinajstić information content (AvgIpc) is 2.17. The SMILES string of the molecule is CS(=O)(=O)CC(NN)c1cc(F)ccc1Cl. The Bertz CT molecular complexity index is 478. The molecule has 1 atom stereocenters. The van der Waals surface area contributed by atoms with Gasteiger partial charge in [-0.1, -0.05) is 11.6 Å². The molecule has 0 spiro atoms. The lowest BCUT2D eigenvalue weighted by Crippen LogP contribution is -2.33. The molecule has 1 aromatic carbocycles. The molecule has 1 unspecified atom stereocenters. The van der Waals surface area contributed by atoms with Gasteiger partial charge in [0.1, 0.15) is 15.7 Å². The van der Waals surface area contributed by atoms with Crippen molar-refractivity contribution in [2.75, 3.05) is 12.0 Å². The van der Waals surface area contributed by atoms with Gasteiger partial charge in [0.25, 0.3) is 0 Å². The van der Waals surface area contributed by atoms with E-state index < -0.39 is 21.7 Å². The largest absolute Gasteiger partial charge is 0.271 e. The van der Waals surface area contributed by atoms with Gasteiger partial charge in [-0.05, 0) is 23.8 Å². The van der Waals surface area contributed by atoms with Gasteiger partial charge in [-0.2, -0.15) is 0 Å². The molecule has 0 aliphatic rings. The highest BCUT2D eigenvalue weighted by molar-refractivity contribution is 7.90. The predicted octanol–water partition coefficient (Wildman–Crippen LogP) is 1.03. The fourth-order valence-electron chi connectivity index (χ4n) is 1.31. The minimum atomic E-state index is -3.24. The Labute approximate surface area is 98.5 Å². The van der Waals surface area contributed by atoms with Crippen LogP contribution in [0.5, 0.6) is 0 Å². The first-order chi connectivity index (χ1) is 7.33. The van der Waals surface area contributed by atoms with Crippen molar-refractivity contribution in [2.45, 2.75) is 6.04 Å². The van der Waals surface area contributed by atoms with Crippen molar-refractivity contribution in [3.8, 4) is 0 Å². The average molecular weight is 267 g/mol. The molecule has 3 N–H and O–H groups in total. The van der Waals surface area contributed by atoms with Crippen molar-refractivity contribution < 1.29 is 12.8 Å². The molecule has 0 bridgehead atoms. The third-order valence-electron chi connectivity index (χ3n) is 2.00. The molecule has 0 saturated heterocycles. The van der Waals surface area contributed by atoms with Crippen LogP contribution < -0.4 is 11.3 Å². The summed E-state index contributed by atoms with van der Waals surface area (Å²) in [4.78, 5) is 0. The summed E-state index contributed by atoms with van der Waals surface area (Å²) in [6.45, 7) is 0. The van der Waals surface area contributed by atoms with Crippen LogP contribution >= 0.6 is 11.6 Å². The van der Waals surface area contributed by atoms with Crippen LogP contribution in [0.25, 0.3) is 0 Å². The van der Waals surface area contributed by atoms with Crippen molar-refractivity contribution in [1.82, 2.24) is 5.43 Å². The van der Waals surface area contributed by atoms with Gasteiger partial charge in [-0.15, -0.1) is 0 Å². The van der Waals surface area contributed by atoms with E-state index in [4.69, 9.17) is 17.4 Å². The van der Waals surface area contributed by atoms with E-state index >= 15 is 0 Å². The number of nitrogens with one attached hydrogen (secondary N) is 1. The lowest BCUT2D eigenvalue weighted by atomic mass is 10.1. The number of sulfone groups is 1. The van der Waals surface area contributed by atoms with Gasteiger partial charge in [-0.3, -0.25) is 11.3 Å². The second-order valence-electron chi connectivity index (χ2n) is 3.48. The van der Waals surface area contributed by atoms with Gasteiger partial charge in [-0.25, -0.2) is 12.8 Å². The van der Waals surface area contributed by atoms with Crippen LogP contribution in [0.3, 0.4) is 0 Å². The molecule has 1 rings (SSSR count). The molecule has 0 aliphatic carbocycles. The lowest BCUT2D eigenvalue weighted by molar-refractivity contribution is 0.559. The van der Waals surface area contributed by atoms with Gasteiger partial charge in [0.15, 0.2) is 0 Å². The molecule has 0 fully saturated rings. The van der Waals surface area contributed by atoms with E-state index in [1.165, 1.54) is 12.1 Å². The summed E-state index contributed by atoms with van der Waals surface area (Å²) in [7, 11) is -3.24. The van der Waals surface area contributed by atoms with E-state index in [2.05, 4.69) is 5.43 Å². The minimum Gasteiger partial charge on any atom is -0.271 e. The monoisotopic (exact) mass is 266 g/mol. The molecule has 4 nitrogen and oxygen atoms in total. The number of rotatable bonds is 4. The smallest absolute Gasteiger partial charge is 0.149 e. The fourth-order valence-corrected chi connectivity index (χ4v) is 2.44. The normalized spacial score (nSPS) is 13.8. The highest BCUT2D eigenvalue weighted by Crippen LogP contribution is 2.24. The number of nitrogens with two attached hydrogens (primary N) is 1. The number of halogens is 2. The van der Waals surface area contributed by atoms with E-state index in [-0.39, 0.29) is 10.8 Å². The van der Waals surface area contributed by atoms with Gasteiger partial charge in [0, 0.05) is 11.3 Å². The number of hydrazine groups is 1. The van der Waals surface area contributed by atoms with Crippen molar-refractivity contribution >= 4 is 21.4 Å². The second kappa shape index (κ2) is 5.09. The summed E-state index contributed by atoms with van der Waals surface area (Å²) < 4.78 is 35.3. The maximum Gasteiger partial charge on any atom is 0.149 e. The summed E-state index contributed by atoms with van der Waals surface area (Å²) in [6, 6.07) is 3.00. The van der Waals surface area contributed by atoms with Crippen LogP contribution in [0.2, 0.25) is 5.02 Å². The Kier molecular flexibility index (Phi) is 4.26. The Balaban J connectivity index is 3.08. The van der Waals surface area contributed by atoms with Gasteiger partial charge < -0.3 is 0 Å². The first-order valence-electron chi connectivity index (χ1n) is 4.42. The summed E-state index contributed by atoms with van der Waals surface area (Å²) in [6.07, 6.45) is 1.07.